The number of amides is 2. The first-order valence-electron chi connectivity index (χ1n) is 14.1. The average Bonchev–Trinajstić information content (AvgIpc) is 3.13. The van der Waals surface area contributed by atoms with Crippen LogP contribution in [0.3, 0.4) is 0 Å². The zero-order valence-electron chi connectivity index (χ0n) is 23.5. The molecule has 2 aromatic heterocycles. The van der Waals surface area contributed by atoms with E-state index in [-0.39, 0.29) is 34.5 Å². The molecular formula is C31H29F2N7O3. The summed E-state index contributed by atoms with van der Waals surface area (Å²) < 4.78 is 37.9. The number of ether oxygens (including phenoxy) is 1. The highest BCUT2D eigenvalue weighted by Gasteiger charge is 2.34. The van der Waals surface area contributed by atoms with Gasteiger partial charge < -0.3 is 20.7 Å². The van der Waals surface area contributed by atoms with Crippen LogP contribution in [0.25, 0.3) is 11.3 Å². The Morgan fingerprint density at radius 3 is 2.67 bits per heavy atom. The third kappa shape index (κ3) is 5.43. The fourth-order valence-corrected chi connectivity index (χ4v) is 5.20. The molecule has 2 aliphatic heterocycles. The Balaban J connectivity index is 1.44. The van der Waals surface area contributed by atoms with Gasteiger partial charge in [0.1, 0.15) is 22.9 Å². The lowest BCUT2D eigenvalue weighted by atomic mass is 10.0. The zero-order valence-corrected chi connectivity index (χ0v) is 23.5. The van der Waals surface area contributed by atoms with Gasteiger partial charge in [-0.05, 0) is 44.9 Å². The first-order valence-corrected chi connectivity index (χ1v) is 14.1. The second-order valence-electron chi connectivity index (χ2n) is 10.3. The number of aromatic nitrogens is 3. The minimum atomic E-state index is -1.46. The van der Waals surface area contributed by atoms with E-state index in [2.05, 4.69) is 31.0 Å². The van der Waals surface area contributed by atoms with Crippen molar-refractivity contribution >= 4 is 29.0 Å². The van der Waals surface area contributed by atoms with Crippen molar-refractivity contribution in [1.29, 1.82) is 0 Å². The number of benzene rings is 2. The van der Waals surface area contributed by atoms with Gasteiger partial charge in [-0.2, -0.15) is 9.49 Å². The summed E-state index contributed by atoms with van der Waals surface area (Å²) in [6.07, 6.45) is -0.235. The Morgan fingerprint density at radius 2 is 1.91 bits per heavy atom. The minimum absolute atomic E-state index is 0.00287. The van der Waals surface area contributed by atoms with E-state index in [9.17, 15) is 14.0 Å². The molecule has 4 aromatic rings. The van der Waals surface area contributed by atoms with E-state index < -0.39 is 29.7 Å². The molecule has 0 aliphatic carbocycles. The Morgan fingerprint density at radius 1 is 1.09 bits per heavy atom. The van der Waals surface area contributed by atoms with E-state index in [0.29, 0.717) is 35.7 Å². The Kier molecular flexibility index (Phi) is 7.58. The summed E-state index contributed by atoms with van der Waals surface area (Å²) in [6.45, 7) is 4.73. The van der Waals surface area contributed by atoms with Crippen LogP contribution < -0.4 is 20.7 Å². The third-order valence-electron chi connectivity index (χ3n) is 7.23. The van der Waals surface area contributed by atoms with Crippen molar-refractivity contribution in [2.45, 2.75) is 45.5 Å². The number of aliphatic imine (C=N–C) groups is 1. The van der Waals surface area contributed by atoms with Gasteiger partial charge in [0.15, 0.2) is 0 Å². The molecule has 0 radical (unpaired) electrons. The number of nitrogens with zero attached hydrogens (tertiary/aromatic N) is 4. The number of rotatable bonds is 6. The second kappa shape index (κ2) is 11.6. The van der Waals surface area contributed by atoms with Gasteiger partial charge >= 0.3 is 0 Å². The number of hydrogen-bond donors (Lipinski definition) is 3. The third-order valence-corrected chi connectivity index (χ3v) is 7.23. The number of nitrogens with one attached hydrogen (secondary N) is 3. The maximum Gasteiger partial charge on any atom is 0.269 e. The molecule has 4 heterocycles. The molecule has 2 atom stereocenters. The lowest BCUT2D eigenvalue weighted by molar-refractivity contribution is -0.117. The van der Waals surface area contributed by atoms with Crippen molar-refractivity contribution in [2.75, 3.05) is 17.2 Å². The van der Waals surface area contributed by atoms with Crippen molar-refractivity contribution in [3.8, 4) is 17.1 Å². The van der Waals surface area contributed by atoms with E-state index >= 15 is 4.39 Å². The van der Waals surface area contributed by atoms with Crippen LogP contribution in [0.4, 0.5) is 20.3 Å². The first kappa shape index (κ1) is 28.0. The molecule has 0 unspecified atom stereocenters. The first-order chi connectivity index (χ1) is 20.8. The second-order valence-corrected chi connectivity index (χ2v) is 10.3. The highest BCUT2D eigenvalue weighted by atomic mass is 19.1. The van der Waals surface area contributed by atoms with Gasteiger partial charge in [0.05, 0.1) is 23.1 Å². The summed E-state index contributed by atoms with van der Waals surface area (Å²) in [7, 11) is 0. The van der Waals surface area contributed by atoms with Gasteiger partial charge in [-0.3, -0.25) is 9.59 Å². The lowest BCUT2D eigenvalue weighted by Gasteiger charge is -2.16. The van der Waals surface area contributed by atoms with Crippen molar-refractivity contribution in [2.24, 2.45) is 4.99 Å². The number of carbonyl (C=O) groups excluding carboxylic acids is 2. The van der Waals surface area contributed by atoms with Crippen LogP contribution in [-0.2, 0) is 11.3 Å². The van der Waals surface area contributed by atoms with Crippen molar-refractivity contribution in [1.82, 2.24) is 20.1 Å². The Labute approximate surface area is 246 Å². The highest BCUT2D eigenvalue weighted by Crippen LogP contribution is 2.35. The molecule has 2 aromatic carbocycles. The van der Waals surface area contributed by atoms with Gasteiger partial charge in [-0.25, -0.2) is 19.0 Å². The quantitative estimate of drug-likeness (QED) is 0.281. The molecule has 0 spiro atoms. The Bertz CT molecular complexity index is 1740. The molecule has 2 aliphatic rings. The van der Waals surface area contributed by atoms with E-state index in [0.717, 1.165) is 12.8 Å². The number of fused-ring (bicyclic) bond motifs is 2. The molecule has 2 amide bonds. The molecule has 10 nitrogen and oxygen atoms in total. The van der Waals surface area contributed by atoms with Crippen molar-refractivity contribution in [3.63, 3.8) is 0 Å². The molecule has 12 heteroatoms. The highest BCUT2D eigenvalue weighted by molar-refractivity contribution is 6.20. The van der Waals surface area contributed by atoms with Gasteiger partial charge in [0.2, 0.25) is 18.0 Å². The number of anilines is 2. The zero-order chi connectivity index (χ0) is 30.1. The predicted molar refractivity (Wildman–Crippen MR) is 157 cm³/mol. The molecule has 0 fully saturated rings. The molecule has 0 saturated carbocycles. The maximum absolute atomic E-state index is 15.3. The molecule has 0 saturated heterocycles. The summed E-state index contributed by atoms with van der Waals surface area (Å²) in [5, 5.41) is 12.7. The fourth-order valence-electron chi connectivity index (χ4n) is 5.20. The normalized spacial score (nSPS) is 17.8. The smallest absolute Gasteiger partial charge is 0.269 e. The lowest BCUT2D eigenvalue weighted by Crippen LogP contribution is -2.42. The summed E-state index contributed by atoms with van der Waals surface area (Å²) in [4.78, 5) is 36.0. The number of aryl methyl sites for hydroxylation is 1. The van der Waals surface area contributed by atoms with Crippen molar-refractivity contribution < 1.29 is 23.1 Å². The number of pyridine rings is 1. The number of para-hydroxylation sites is 1. The molecule has 220 valence electrons. The maximum atomic E-state index is 15.3. The van der Waals surface area contributed by atoms with Gasteiger partial charge in [0.25, 0.3) is 11.8 Å². The summed E-state index contributed by atoms with van der Waals surface area (Å²) in [5.74, 6) is -2.48. The summed E-state index contributed by atoms with van der Waals surface area (Å²) in [6, 6.07) is 16.5. The van der Waals surface area contributed by atoms with E-state index in [4.69, 9.17) is 4.74 Å². The van der Waals surface area contributed by atoms with Crippen LogP contribution >= 0.6 is 0 Å². The predicted octanol–water partition coefficient (Wildman–Crippen LogP) is 4.76. The summed E-state index contributed by atoms with van der Waals surface area (Å²) in [5.41, 5.74) is 1.22. The topological polar surface area (TPSA) is 123 Å². The van der Waals surface area contributed by atoms with Crippen LogP contribution in [0.5, 0.6) is 5.88 Å². The minimum Gasteiger partial charge on any atom is -0.474 e. The largest absolute Gasteiger partial charge is 0.474 e. The van der Waals surface area contributed by atoms with Gasteiger partial charge in [0, 0.05) is 24.2 Å². The molecule has 0 bridgehead atoms. The Hall–Kier alpha value is -5.13. The van der Waals surface area contributed by atoms with Crippen LogP contribution in [-0.4, -0.2) is 51.1 Å². The van der Waals surface area contributed by atoms with Crippen LogP contribution in [0.1, 0.15) is 48.2 Å². The molecule has 6 rings (SSSR count). The molecular weight excluding hydrogens is 556 g/mol. The number of hydrogen-bond acceptors (Lipinski definition) is 7. The van der Waals surface area contributed by atoms with Crippen molar-refractivity contribution in [3.05, 3.63) is 89.1 Å². The standard InChI is InChI=1S/C31H29F2N7O3/c1-3-34-22-15-14-20(27(33)35-22)26-23(31-40(39-26)16-8-9-17(2)43-31)29(41)38-28-30(42)37-25-19(12-7-13-21(25)32)24(36-28)18-10-5-4-6-11-18/h4-7,10-15,17,28H,3,8-9,16H2,1-2H3,(H,34,35)(H,37,42)(H,38,41)/t17-,28+/m0/s1. The van der Waals surface area contributed by atoms with Crippen LogP contribution in [0.2, 0.25) is 0 Å². The average molecular weight is 586 g/mol. The van der Waals surface area contributed by atoms with E-state index in [1.54, 1.807) is 36.4 Å². The molecule has 43 heavy (non-hydrogen) atoms. The number of halogens is 2. The SMILES string of the molecule is CCNc1ccc(-c2nn3c(c2C(=O)N[C@H]2N=C(c4ccccc4)c4cccc(F)c4NC2=O)O[C@@H](C)CCC3)c(F)n1. The van der Waals surface area contributed by atoms with Gasteiger partial charge in [-0.1, -0.05) is 42.5 Å². The van der Waals surface area contributed by atoms with Gasteiger partial charge in [-0.15, -0.1) is 0 Å². The van der Waals surface area contributed by atoms with E-state index in [1.807, 2.05) is 19.9 Å². The van der Waals surface area contributed by atoms with Crippen LogP contribution in [0.15, 0.2) is 65.7 Å². The molecule has 3 N–H and O–H groups in total. The number of benzodiazepines with no additional fused rings is 1. The fraction of sp³-hybridized carbons (Fsp3) is 0.258. The van der Waals surface area contributed by atoms with Crippen LogP contribution in [0, 0.1) is 11.8 Å². The van der Waals surface area contributed by atoms with E-state index in [1.165, 1.54) is 22.9 Å². The summed E-state index contributed by atoms with van der Waals surface area (Å²) >= 11 is 0. The monoisotopic (exact) mass is 585 g/mol. The number of carbonyl (C=O) groups is 2.